The maximum absolute atomic E-state index is 2.43. The summed E-state index contributed by atoms with van der Waals surface area (Å²) in [5.74, 6) is 2.73. The molecule has 0 saturated heterocycles. The summed E-state index contributed by atoms with van der Waals surface area (Å²) < 4.78 is 0. The molecule has 0 aliphatic heterocycles. The van der Waals surface area contributed by atoms with E-state index in [4.69, 9.17) is 0 Å². The first-order valence-corrected chi connectivity index (χ1v) is 7.06. The van der Waals surface area contributed by atoms with E-state index in [1.54, 1.807) is 0 Å². The zero-order valence-electron chi connectivity index (χ0n) is 11.7. The molecular formula is C15H32. The van der Waals surface area contributed by atoms with Crippen molar-refractivity contribution in [3.63, 3.8) is 0 Å². The van der Waals surface area contributed by atoms with Crippen LogP contribution in [0.1, 0.15) is 79.6 Å². The van der Waals surface area contributed by atoms with Crippen LogP contribution in [-0.2, 0) is 0 Å². The molecule has 0 amide bonds. The number of hydrogen-bond acceptors (Lipinski definition) is 0. The summed E-state index contributed by atoms with van der Waals surface area (Å²) in [5, 5.41) is 0. The fourth-order valence-corrected chi connectivity index (χ4v) is 2.63. The third kappa shape index (κ3) is 10.3. The minimum absolute atomic E-state index is 0.868. The van der Waals surface area contributed by atoms with Crippen molar-refractivity contribution in [2.45, 2.75) is 79.6 Å². The summed E-state index contributed by atoms with van der Waals surface area (Å²) in [6, 6.07) is 0. The third-order valence-electron chi connectivity index (χ3n) is 3.23. The van der Waals surface area contributed by atoms with Crippen molar-refractivity contribution in [3.05, 3.63) is 0 Å². The van der Waals surface area contributed by atoms with Gasteiger partial charge in [-0.15, -0.1) is 0 Å². The number of rotatable bonds is 9. The second-order valence-electron chi connectivity index (χ2n) is 5.92. The quantitative estimate of drug-likeness (QED) is 0.432. The van der Waals surface area contributed by atoms with Crippen LogP contribution in [0.4, 0.5) is 0 Å². The Bertz CT molecular complexity index is 126. The largest absolute Gasteiger partial charge is 0.0654 e. The molecule has 0 radical (unpaired) electrons. The van der Waals surface area contributed by atoms with E-state index in [1.165, 1.54) is 44.9 Å². The van der Waals surface area contributed by atoms with Gasteiger partial charge in [0, 0.05) is 0 Å². The Hall–Kier alpha value is 0. The van der Waals surface area contributed by atoms with Crippen molar-refractivity contribution in [1.29, 1.82) is 0 Å². The van der Waals surface area contributed by atoms with Crippen molar-refractivity contribution in [2.75, 3.05) is 0 Å². The molecule has 0 heteroatoms. The van der Waals surface area contributed by atoms with E-state index in [0.29, 0.717) is 0 Å². The van der Waals surface area contributed by atoms with Crippen LogP contribution < -0.4 is 0 Å². The zero-order valence-corrected chi connectivity index (χ0v) is 11.7. The molecule has 2 atom stereocenters. The average Bonchev–Trinajstić information content (AvgIpc) is 2.10. The van der Waals surface area contributed by atoms with E-state index in [2.05, 4.69) is 34.6 Å². The molecule has 0 aliphatic rings. The molecule has 0 aromatic rings. The van der Waals surface area contributed by atoms with Gasteiger partial charge >= 0.3 is 0 Å². The van der Waals surface area contributed by atoms with E-state index in [0.717, 1.165) is 17.8 Å². The highest BCUT2D eigenvalue weighted by atomic mass is 14.2. The van der Waals surface area contributed by atoms with Crippen molar-refractivity contribution >= 4 is 0 Å². The molecule has 0 heterocycles. The predicted octanol–water partition coefficient (Wildman–Crippen LogP) is 5.67. The fourth-order valence-electron chi connectivity index (χ4n) is 2.63. The smallest absolute Gasteiger partial charge is 0.0438 e. The first-order valence-electron chi connectivity index (χ1n) is 7.06. The Balaban J connectivity index is 3.42. The van der Waals surface area contributed by atoms with Crippen molar-refractivity contribution in [3.8, 4) is 0 Å². The van der Waals surface area contributed by atoms with Crippen LogP contribution in [0.3, 0.4) is 0 Å². The Morgan fingerprint density at radius 1 is 0.733 bits per heavy atom. The van der Waals surface area contributed by atoms with Gasteiger partial charge in [0.2, 0.25) is 0 Å². The topological polar surface area (TPSA) is 0 Å². The molecule has 0 spiro atoms. The summed E-state index contributed by atoms with van der Waals surface area (Å²) in [6.07, 6.45) is 9.96. The van der Waals surface area contributed by atoms with E-state index < -0.39 is 0 Å². The highest BCUT2D eigenvalue weighted by Gasteiger charge is 2.09. The first-order chi connectivity index (χ1) is 7.06. The first kappa shape index (κ1) is 15.0. The van der Waals surface area contributed by atoms with Gasteiger partial charge in [-0.2, -0.15) is 0 Å². The standard InChI is InChI=1S/C15H32/c1-6-7-8-9-10-14(4)12-15(5)11-13(2)3/h13-15H,6-12H2,1-5H3. The van der Waals surface area contributed by atoms with Crippen LogP contribution in [0, 0.1) is 17.8 Å². The van der Waals surface area contributed by atoms with Crippen LogP contribution in [0.25, 0.3) is 0 Å². The second-order valence-corrected chi connectivity index (χ2v) is 5.92. The summed E-state index contributed by atoms with van der Waals surface area (Å²) >= 11 is 0. The molecule has 0 rings (SSSR count). The van der Waals surface area contributed by atoms with Crippen LogP contribution in [0.2, 0.25) is 0 Å². The molecule has 0 saturated carbocycles. The Morgan fingerprint density at radius 2 is 1.40 bits per heavy atom. The van der Waals surface area contributed by atoms with Gasteiger partial charge in [-0.3, -0.25) is 0 Å². The lowest BCUT2D eigenvalue weighted by atomic mass is 9.88. The van der Waals surface area contributed by atoms with Gasteiger partial charge in [0.25, 0.3) is 0 Å². The zero-order chi connectivity index (χ0) is 11.7. The van der Waals surface area contributed by atoms with Gasteiger partial charge in [0.05, 0.1) is 0 Å². The lowest BCUT2D eigenvalue weighted by molar-refractivity contribution is 0.337. The molecule has 0 aromatic heterocycles. The highest BCUT2D eigenvalue weighted by molar-refractivity contribution is 4.62. The van der Waals surface area contributed by atoms with Gasteiger partial charge in [0.15, 0.2) is 0 Å². The van der Waals surface area contributed by atoms with E-state index in [-0.39, 0.29) is 0 Å². The van der Waals surface area contributed by atoms with Crippen molar-refractivity contribution in [1.82, 2.24) is 0 Å². The van der Waals surface area contributed by atoms with Gasteiger partial charge in [-0.05, 0) is 30.6 Å². The molecular weight excluding hydrogens is 180 g/mol. The van der Waals surface area contributed by atoms with Crippen molar-refractivity contribution in [2.24, 2.45) is 17.8 Å². The maximum atomic E-state index is 2.43. The van der Waals surface area contributed by atoms with E-state index >= 15 is 0 Å². The average molecular weight is 212 g/mol. The van der Waals surface area contributed by atoms with E-state index in [1.807, 2.05) is 0 Å². The lowest BCUT2D eigenvalue weighted by Gasteiger charge is -2.18. The summed E-state index contributed by atoms with van der Waals surface area (Å²) in [7, 11) is 0. The van der Waals surface area contributed by atoms with Gasteiger partial charge in [-0.25, -0.2) is 0 Å². The number of unbranched alkanes of at least 4 members (excludes halogenated alkanes) is 3. The van der Waals surface area contributed by atoms with Gasteiger partial charge in [-0.1, -0.05) is 66.7 Å². The third-order valence-corrected chi connectivity index (χ3v) is 3.23. The Morgan fingerprint density at radius 3 is 1.93 bits per heavy atom. The van der Waals surface area contributed by atoms with Gasteiger partial charge < -0.3 is 0 Å². The molecule has 15 heavy (non-hydrogen) atoms. The molecule has 0 fully saturated rings. The number of hydrogen-bond donors (Lipinski definition) is 0. The Labute approximate surface area is 97.8 Å². The van der Waals surface area contributed by atoms with Crippen LogP contribution in [0.15, 0.2) is 0 Å². The normalized spacial score (nSPS) is 15.6. The maximum Gasteiger partial charge on any atom is -0.0438 e. The van der Waals surface area contributed by atoms with Crippen LogP contribution in [0.5, 0.6) is 0 Å². The summed E-state index contributed by atoms with van der Waals surface area (Å²) in [4.78, 5) is 0. The van der Waals surface area contributed by atoms with Crippen LogP contribution in [-0.4, -0.2) is 0 Å². The monoisotopic (exact) mass is 212 g/mol. The molecule has 0 aliphatic carbocycles. The molecule has 0 N–H and O–H groups in total. The van der Waals surface area contributed by atoms with Gasteiger partial charge in [0.1, 0.15) is 0 Å². The molecule has 92 valence electrons. The fraction of sp³-hybridized carbons (Fsp3) is 1.00. The summed E-state index contributed by atoms with van der Waals surface area (Å²) in [5.41, 5.74) is 0. The van der Waals surface area contributed by atoms with E-state index in [9.17, 15) is 0 Å². The van der Waals surface area contributed by atoms with Crippen LogP contribution >= 0.6 is 0 Å². The minimum Gasteiger partial charge on any atom is -0.0654 e. The molecule has 0 bridgehead atoms. The second kappa shape index (κ2) is 9.24. The lowest BCUT2D eigenvalue weighted by Crippen LogP contribution is -2.06. The minimum atomic E-state index is 0.868. The van der Waals surface area contributed by atoms with Crippen molar-refractivity contribution < 1.29 is 0 Å². The SMILES string of the molecule is CCCCCCC(C)CC(C)CC(C)C. The molecule has 0 nitrogen and oxygen atoms in total. The summed E-state index contributed by atoms with van der Waals surface area (Å²) in [6.45, 7) is 11.8. The highest BCUT2D eigenvalue weighted by Crippen LogP contribution is 2.23. The molecule has 2 unspecified atom stereocenters. The molecule has 0 aromatic carbocycles. The predicted molar refractivity (Wildman–Crippen MR) is 71.2 cm³/mol. The Kier molecular flexibility index (Phi) is 9.24.